The fourth-order valence-corrected chi connectivity index (χ4v) is 5.16. The van der Waals surface area contributed by atoms with Crippen molar-refractivity contribution < 1.29 is 4.74 Å². The van der Waals surface area contributed by atoms with E-state index in [9.17, 15) is 0 Å². The molecule has 0 amide bonds. The van der Waals surface area contributed by atoms with Crippen LogP contribution in [0.4, 0.5) is 0 Å². The molecule has 1 N–H and O–H groups in total. The fraction of sp³-hybridized carbons (Fsp3) is 1.00. The quantitative estimate of drug-likeness (QED) is 0.843. The summed E-state index contributed by atoms with van der Waals surface area (Å²) in [6.45, 7) is 10.7. The highest BCUT2D eigenvalue weighted by atomic mass is 35.5. The molecule has 112 valence electrons. The summed E-state index contributed by atoms with van der Waals surface area (Å²) in [5.74, 6) is 1.31. The normalized spacial score (nSPS) is 35.2. The molecule has 0 saturated carbocycles. The Morgan fingerprint density at radius 3 is 2.74 bits per heavy atom. The molecule has 3 aliphatic rings. The summed E-state index contributed by atoms with van der Waals surface area (Å²) in [4.78, 5) is 2.73. The second-order valence-corrected chi connectivity index (χ2v) is 8.15. The number of halogens is 1. The first-order valence-corrected chi connectivity index (χ1v) is 8.33. The highest BCUT2D eigenvalue weighted by molar-refractivity contribution is 8.00. The lowest BCUT2D eigenvalue weighted by molar-refractivity contribution is 0.0575. The molecule has 3 saturated heterocycles. The number of ether oxygens (including phenoxy) is 1. The third-order valence-electron chi connectivity index (χ3n) is 4.79. The van der Waals surface area contributed by atoms with Gasteiger partial charge in [-0.2, -0.15) is 11.8 Å². The lowest BCUT2D eigenvalue weighted by atomic mass is 9.88. The molecule has 0 radical (unpaired) electrons. The molecule has 0 aromatic rings. The average Bonchev–Trinajstić information content (AvgIpc) is 2.77. The van der Waals surface area contributed by atoms with Crippen LogP contribution in [0, 0.1) is 5.41 Å². The van der Waals surface area contributed by atoms with Gasteiger partial charge in [0.15, 0.2) is 0 Å². The molecular weight excluding hydrogens is 280 g/mol. The van der Waals surface area contributed by atoms with E-state index in [2.05, 4.69) is 28.9 Å². The van der Waals surface area contributed by atoms with Gasteiger partial charge in [-0.3, -0.25) is 0 Å². The van der Waals surface area contributed by atoms with Gasteiger partial charge in [0, 0.05) is 49.9 Å². The molecule has 19 heavy (non-hydrogen) atoms. The minimum Gasteiger partial charge on any atom is -0.381 e. The molecule has 3 fully saturated rings. The van der Waals surface area contributed by atoms with Gasteiger partial charge in [0.05, 0.1) is 0 Å². The molecule has 3 rings (SSSR count). The molecule has 1 unspecified atom stereocenters. The summed E-state index contributed by atoms with van der Waals surface area (Å²) < 4.78 is 6.06. The summed E-state index contributed by atoms with van der Waals surface area (Å²) in [5, 5.41) is 3.52. The van der Waals surface area contributed by atoms with Crippen LogP contribution >= 0.6 is 24.2 Å². The van der Waals surface area contributed by atoms with Crippen molar-refractivity contribution in [2.24, 2.45) is 5.41 Å². The number of nitrogens with zero attached hydrogens (tertiary/aromatic N) is 1. The van der Waals surface area contributed by atoms with E-state index in [0.717, 1.165) is 13.2 Å². The number of hydrogen-bond acceptors (Lipinski definition) is 4. The Labute approximate surface area is 127 Å². The molecule has 1 spiro atoms. The average molecular weight is 307 g/mol. The van der Waals surface area contributed by atoms with Crippen LogP contribution in [0.25, 0.3) is 0 Å². The van der Waals surface area contributed by atoms with Crippen LogP contribution in [0.15, 0.2) is 0 Å². The van der Waals surface area contributed by atoms with E-state index in [-0.39, 0.29) is 12.4 Å². The maximum atomic E-state index is 5.54. The number of rotatable bonds is 2. The zero-order valence-corrected chi connectivity index (χ0v) is 13.6. The standard InChI is InChI=1S/C14H26N2OS.ClH/c1-13(2-5-15-10-13)11-16-6-9-18-14(12-16)3-7-17-8-4-14;/h15H,2-12H2,1H3;1H. The molecule has 3 heterocycles. The van der Waals surface area contributed by atoms with E-state index >= 15 is 0 Å². The maximum absolute atomic E-state index is 5.54. The molecular formula is C14H27ClN2OS. The summed E-state index contributed by atoms with van der Waals surface area (Å²) in [6, 6.07) is 0. The van der Waals surface area contributed by atoms with Gasteiger partial charge in [-0.05, 0) is 31.2 Å². The molecule has 5 heteroatoms. The maximum Gasteiger partial charge on any atom is 0.0479 e. The van der Waals surface area contributed by atoms with Crippen molar-refractivity contribution in [2.45, 2.75) is 30.9 Å². The number of nitrogens with one attached hydrogen (secondary N) is 1. The van der Waals surface area contributed by atoms with E-state index in [4.69, 9.17) is 4.74 Å². The lowest BCUT2D eigenvalue weighted by Crippen LogP contribution is -2.52. The van der Waals surface area contributed by atoms with Gasteiger partial charge < -0.3 is 15.0 Å². The Morgan fingerprint density at radius 1 is 1.26 bits per heavy atom. The summed E-state index contributed by atoms with van der Waals surface area (Å²) in [5.41, 5.74) is 0.508. The van der Waals surface area contributed by atoms with Gasteiger partial charge in [0.25, 0.3) is 0 Å². The number of thioether (sulfide) groups is 1. The first kappa shape index (κ1) is 15.9. The molecule has 0 aliphatic carbocycles. The van der Waals surface area contributed by atoms with Crippen LogP contribution in [0.2, 0.25) is 0 Å². The Bertz CT molecular complexity index is 286. The molecule has 3 aliphatic heterocycles. The van der Waals surface area contributed by atoms with Gasteiger partial charge in [0.2, 0.25) is 0 Å². The van der Waals surface area contributed by atoms with Crippen molar-refractivity contribution in [3.63, 3.8) is 0 Å². The van der Waals surface area contributed by atoms with Gasteiger partial charge in [-0.15, -0.1) is 12.4 Å². The Morgan fingerprint density at radius 2 is 2.05 bits per heavy atom. The summed E-state index contributed by atoms with van der Waals surface area (Å²) in [7, 11) is 0. The first-order chi connectivity index (χ1) is 8.70. The van der Waals surface area contributed by atoms with Crippen LogP contribution in [-0.4, -0.2) is 61.3 Å². The second-order valence-electron chi connectivity index (χ2n) is 6.59. The van der Waals surface area contributed by atoms with Crippen molar-refractivity contribution in [1.82, 2.24) is 10.2 Å². The minimum atomic E-state index is 0. The minimum absolute atomic E-state index is 0. The van der Waals surface area contributed by atoms with E-state index in [0.29, 0.717) is 10.2 Å². The monoisotopic (exact) mass is 306 g/mol. The van der Waals surface area contributed by atoms with Crippen molar-refractivity contribution >= 4 is 24.2 Å². The second kappa shape index (κ2) is 6.52. The zero-order chi connectivity index (χ0) is 12.5. The number of hydrogen-bond donors (Lipinski definition) is 1. The third-order valence-corrected chi connectivity index (χ3v) is 6.33. The largest absolute Gasteiger partial charge is 0.381 e. The van der Waals surface area contributed by atoms with E-state index in [1.54, 1.807) is 0 Å². The highest BCUT2D eigenvalue weighted by Crippen LogP contribution is 2.40. The smallest absolute Gasteiger partial charge is 0.0479 e. The third kappa shape index (κ3) is 3.79. The Kier molecular flexibility index (Phi) is 5.46. The zero-order valence-electron chi connectivity index (χ0n) is 12.0. The SMILES string of the molecule is CC1(CN2CCSC3(CCOCC3)C2)CCNC1.Cl. The summed E-state index contributed by atoms with van der Waals surface area (Å²) >= 11 is 2.21. The lowest BCUT2D eigenvalue weighted by Gasteiger charge is -2.46. The van der Waals surface area contributed by atoms with Crippen LogP contribution in [0.5, 0.6) is 0 Å². The van der Waals surface area contributed by atoms with Crippen molar-refractivity contribution in [1.29, 1.82) is 0 Å². The van der Waals surface area contributed by atoms with Crippen LogP contribution in [-0.2, 0) is 4.74 Å². The van der Waals surface area contributed by atoms with Gasteiger partial charge in [0.1, 0.15) is 0 Å². The van der Waals surface area contributed by atoms with Crippen LogP contribution in [0.1, 0.15) is 26.2 Å². The van der Waals surface area contributed by atoms with E-state index < -0.39 is 0 Å². The molecule has 0 aromatic carbocycles. The fourth-order valence-electron chi connectivity index (χ4n) is 3.65. The molecule has 3 nitrogen and oxygen atoms in total. The van der Waals surface area contributed by atoms with E-state index in [1.807, 2.05) is 0 Å². The van der Waals surface area contributed by atoms with Crippen LogP contribution < -0.4 is 5.32 Å². The van der Waals surface area contributed by atoms with E-state index in [1.165, 1.54) is 57.7 Å². The van der Waals surface area contributed by atoms with Crippen molar-refractivity contribution in [3.05, 3.63) is 0 Å². The van der Waals surface area contributed by atoms with Crippen LogP contribution in [0.3, 0.4) is 0 Å². The topological polar surface area (TPSA) is 24.5 Å². The van der Waals surface area contributed by atoms with Gasteiger partial charge in [-0.25, -0.2) is 0 Å². The van der Waals surface area contributed by atoms with Gasteiger partial charge in [-0.1, -0.05) is 6.92 Å². The molecule has 0 bridgehead atoms. The molecule has 0 aromatic heterocycles. The predicted molar refractivity (Wildman–Crippen MR) is 84.5 cm³/mol. The Hall–Kier alpha value is 0.520. The molecule has 1 atom stereocenters. The Balaban J connectivity index is 0.00000133. The summed E-state index contributed by atoms with van der Waals surface area (Å²) in [6.07, 6.45) is 3.85. The van der Waals surface area contributed by atoms with Crippen molar-refractivity contribution in [3.8, 4) is 0 Å². The van der Waals surface area contributed by atoms with Crippen molar-refractivity contribution in [2.75, 3.05) is 51.7 Å². The highest BCUT2D eigenvalue weighted by Gasteiger charge is 2.40. The first-order valence-electron chi connectivity index (χ1n) is 7.35. The van der Waals surface area contributed by atoms with Gasteiger partial charge >= 0.3 is 0 Å². The predicted octanol–water partition coefficient (Wildman–Crippen LogP) is 2.01.